The van der Waals surface area contributed by atoms with Gasteiger partial charge in [0.2, 0.25) is 0 Å². The molecule has 0 amide bonds. The van der Waals surface area contributed by atoms with E-state index in [1.165, 1.54) is 6.42 Å². The largest absolute Gasteiger partial charge is 0.426 e. The predicted molar refractivity (Wildman–Crippen MR) is 73.8 cm³/mol. The van der Waals surface area contributed by atoms with Crippen molar-refractivity contribution in [3.05, 3.63) is 30.3 Å². The average Bonchev–Trinajstić information content (AvgIpc) is 2.47. The number of carbonyl (C=O) groups excluding carboxylic acids is 1. The quantitative estimate of drug-likeness (QED) is 0.669. The Kier molecular flexibility index (Phi) is 4.97. The maximum atomic E-state index is 12.0. The number of para-hydroxylation sites is 1. The second kappa shape index (κ2) is 6.71. The van der Waals surface area contributed by atoms with Gasteiger partial charge in [0, 0.05) is 0 Å². The molecule has 19 heavy (non-hydrogen) atoms. The van der Waals surface area contributed by atoms with Crippen LogP contribution in [0.5, 0.6) is 5.75 Å². The molecule has 0 bridgehead atoms. The summed E-state index contributed by atoms with van der Waals surface area (Å²) in [6.07, 6.45) is 5.00. The molecular formula is C16H22O3. The first kappa shape index (κ1) is 14.1. The Bertz CT molecular complexity index is 396. The fourth-order valence-electron chi connectivity index (χ4n) is 2.72. The Hall–Kier alpha value is -1.35. The number of benzene rings is 1. The molecule has 0 heterocycles. The van der Waals surface area contributed by atoms with Gasteiger partial charge in [0.25, 0.3) is 0 Å². The van der Waals surface area contributed by atoms with E-state index < -0.39 is 12.0 Å². The Morgan fingerprint density at radius 3 is 2.47 bits per heavy atom. The average molecular weight is 262 g/mol. The standard InChI is InChI=1S/C16H22O3/c1-12(15(17)13-8-4-2-5-9-13)16(18)19-14-10-6-3-7-11-14/h3,6-7,10-13,15,17H,2,4-5,8-9H2,1H3/t12-,15-/m1/s1. The van der Waals surface area contributed by atoms with Crippen LogP contribution in [0.1, 0.15) is 39.0 Å². The number of carbonyl (C=O) groups is 1. The second-order valence-electron chi connectivity index (χ2n) is 5.41. The van der Waals surface area contributed by atoms with Crippen molar-refractivity contribution in [1.29, 1.82) is 0 Å². The van der Waals surface area contributed by atoms with Crippen molar-refractivity contribution in [2.75, 3.05) is 0 Å². The molecule has 1 saturated carbocycles. The smallest absolute Gasteiger partial charge is 0.316 e. The van der Waals surface area contributed by atoms with Crippen LogP contribution in [-0.4, -0.2) is 17.2 Å². The first-order chi connectivity index (χ1) is 9.18. The van der Waals surface area contributed by atoms with Crippen molar-refractivity contribution in [3.8, 4) is 5.75 Å². The lowest BCUT2D eigenvalue weighted by molar-refractivity contribution is -0.143. The third-order valence-electron chi connectivity index (χ3n) is 3.98. The molecule has 0 unspecified atom stereocenters. The molecule has 1 N–H and O–H groups in total. The van der Waals surface area contributed by atoms with E-state index in [1.807, 2.05) is 18.2 Å². The lowest BCUT2D eigenvalue weighted by Gasteiger charge is -2.29. The van der Waals surface area contributed by atoms with Crippen molar-refractivity contribution in [2.24, 2.45) is 11.8 Å². The number of esters is 1. The van der Waals surface area contributed by atoms with Crippen LogP contribution in [0, 0.1) is 11.8 Å². The van der Waals surface area contributed by atoms with Gasteiger partial charge >= 0.3 is 5.97 Å². The molecule has 0 spiro atoms. The molecule has 0 radical (unpaired) electrons. The van der Waals surface area contributed by atoms with Crippen molar-refractivity contribution in [1.82, 2.24) is 0 Å². The first-order valence-corrected chi connectivity index (χ1v) is 7.13. The molecule has 1 fully saturated rings. The van der Waals surface area contributed by atoms with Gasteiger partial charge in [0.1, 0.15) is 5.75 Å². The minimum absolute atomic E-state index is 0.243. The van der Waals surface area contributed by atoms with Crippen LogP contribution in [0.3, 0.4) is 0 Å². The maximum absolute atomic E-state index is 12.0. The van der Waals surface area contributed by atoms with Gasteiger partial charge < -0.3 is 9.84 Å². The molecule has 3 heteroatoms. The number of ether oxygens (including phenoxy) is 1. The third kappa shape index (κ3) is 3.80. The highest BCUT2D eigenvalue weighted by atomic mass is 16.5. The second-order valence-corrected chi connectivity index (χ2v) is 5.41. The van der Waals surface area contributed by atoms with Crippen LogP contribution in [0.25, 0.3) is 0 Å². The molecule has 2 rings (SSSR count). The molecule has 0 saturated heterocycles. The van der Waals surface area contributed by atoms with Crippen LogP contribution >= 0.6 is 0 Å². The van der Waals surface area contributed by atoms with Crippen molar-refractivity contribution >= 4 is 5.97 Å². The summed E-state index contributed by atoms with van der Waals surface area (Å²) in [4.78, 5) is 12.0. The van der Waals surface area contributed by atoms with Gasteiger partial charge in [-0.2, -0.15) is 0 Å². The van der Waals surface area contributed by atoms with Crippen LogP contribution in [0.4, 0.5) is 0 Å². The molecule has 1 aliphatic carbocycles. The summed E-state index contributed by atoms with van der Waals surface area (Å²) in [6, 6.07) is 9.02. The zero-order valence-electron chi connectivity index (χ0n) is 11.4. The zero-order valence-corrected chi connectivity index (χ0v) is 11.4. The molecule has 1 aromatic rings. The normalized spacial score (nSPS) is 19.7. The van der Waals surface area contributed by atoms with Crippen LogP contribution in [0.2, 0.25) is 0 Å². The lowest BCUT2D eigenvalue weighted by Crippen LogP contribution is -2.35. The van der Waals surface area contributed by atoms with Crippen molar-refractivity contribution in [2.45, 2.75) is 45.1 Å². The molecule has 1 aromatic carbocycles. The Balaban J connectivity index is 1.90. The fraction of sp³-hybridized carbons (Fsp3) is 0.562. The lowest BCUT2D eigenvalue weighted by atomic mass is 9.81. The van der Waals surface area contributed by atoms with Gasteiger partial charge in [-0.1, -0.05) is 37.5 Å². The van der Waals surface area contributed by atoms with Gasteiger partial charge in [0.05, 0.1) is 12.0 Å². The summed E-state index contributed by atoms with van der Waals surface area (Å²) >= 11 is 0. The topological polar surface area (TPSA) is 46.5 Å². The minimum Gasteiger partial charge on any atom is -0.426 e. The van der Waals surface area contributed by atoms with Gasteiger partial charge in [-0.05, 0) is 37.8 Å². The molecule has 0 aliphatic heterocycles. The highest BCUT2D eigenvalue weighted by Gasteiger charge is 2.31. The van der Waals surface area contributed by atoms with E-state index in [4.69, 9.17) is 4.74 Å². The fourth-order valence-corrected chi connectivity index (χ4v) is 2.72. The third-order valence-corrected chi connectivity index (χ3v) is 3.98. The van der Waals surface area contributed by atoms with Gasteiger partial charge in [-0.25, -0.2) is 0 Å². The number of rotatable bonds is 4. The summed E-state index contributed by atoms with van der Waals surface area (Å²) in [5, 5.41) is 10.3. The van der Waals surface area contributed by atoms with Gasteiger partial charge in [-0.15, -0.1) is 0 Å². The van der Waals surface area contributed by atoms with E-state index in [-0.39, 0.29) is 11.9 Å². The van der Waals surface area contributed by atoms with E-state index in [0.717, 1.165) is 25.7 Å². The molecule has 2 atom stereocenters. The van der Waals surface area contributed by atoms with Crippen molar-refractivity contribution < 1.29 is 14.6 Å². The Morgan fingerprint density at radius 1 is 1.21 bits per heavy atom. The summed E-state index contributed by atoms with van der Waals surface area (Å²) in [5.41, 5.74) is 0. The van der Waals surface area contributed by atoms with Crippen LogP contribution in [0.15, 0.2) is 30.3 Å². The van der Waals surface area contributed by atoms with E-state index >= 15 is 0 Å². The molecular weight excluding hydrogens is 240 g/mol. The number of aliphatic hydroxyl groups is 1. The molecule has 104 valence electrons. The summed E-state index contributed by atoms with van der Waals surface area (Å²) in [6.45, 7) is 1.75. The number of aliphatic hydroxyl groups excluding tert-OH is 1. The van der Waals surface area contributed by atoms with Crippen LogP contribution < -0.4 is 4.74 Å². The Morgan fingerprint density at radius 2 is 1.84 bits per heavy atom. The summed E-state index contributed by atoms with van der Waals surface area (Å²) in [7, 11) is 0. The highest BCUT2D eigenvalue weighted by Crippen LogP contribution is 2.30. The van der Waals surface area contributed by atoms with E-state index in [2.05, 4.69) is 0 Å². The van der Waals surface area contributed by atoms with E-state index in [0.29, 0.717) is 5.75 Å². The van der Waals surface area contributed by atoms with E-state index in [1.54, 1.807) is 19.1 Å². The maximum Gasteiger partial charge on any atom is 0.316 e. The molecule has 0 aromatic heterocycles. The van der Waals surface area contributed by atoms with Crippen LogP contribution in [-0.2, 0) is 4.79 Å². The van der Waals surface area contributed by atoms with Crippen molar-refractivity contribution in [3.63, 3.8) is 0 Å². The minimum atomic E-state index is -0.587. The van der Waals surface area contributed by atoms with E-state index in [9.17, 15) is 9.90 Å². The number of hydrogen-bond acceptors (Lipinski definition) is 3. The summed E-state index contributed by atoms with van der Waals surface area (Å²) in [5.74, 6) is -0.0325. The summed E-state index contributed by atoms with van der Waals surface area (Å²) < 4.78 is 5.29. The SMILES string of the molecule is C[C@@H](C(=O)Oc1ccccc1)[C@@H](O)C1CCCCC1. The zero-order chi connectivity index (χ0) is 13.7. The highest BCUT2D eigenvalue weighted by molar-refractivity contribution is 5.75. The molecule has 3 nitrogen and oxygen atoms in total. The Labute approximate surface area is 114 Å². The number of hydrogen-bond donors (Lipinski definition) is 1. The van der Waals surface area contributed by atoms with Gasteiger partial charge in [0.15, 0.2) is 0 Å². The van der Waals surface area contributed by atoms with Gasteiger partial charge in [-0.3, -0.25) is 4.79 Å². The first-order valence-electron chi connectivity index (χ1n) is 7.13. The predicted octanol–water partition coefficient (Wildman–Crippen LogP) is 3.17. The monoisotopic (exact) mass is 262 g/mol. The molecule has 1 aliphatic rings.